The number of phosphoric ester groups is 1. The van der Waals surface area contributed by atoms with Gasteiger partial charge in [-0.1, -0.05) is 122 Å². The Bertz CT molecular complexity index is 583. The normalized spacial score (nSPS) is 19.7. The van der Waals surface area contributed by atoms with E-state index in [4.69, 9.17) is 13.8 Å². The van der Waals surface area contributed by atoms with Crippen LogP contribution in [0, 0.1) is 5.92 Å². The number of phosphoric acid groups is 1. The fourth-order valence-electron chi connectivity index (χ4n) is 5.31. The molecule has 1 N–H and O–H groups in total. The summed E-state index contributed by atoms with van der Waals surface area (Å²) < 4.78 is 29.4. The van der Waals surface area contributed by atoms with E-state index in [0.29, 0.717) is 11.0 Å². The molecule has 0 aromatic rings. The molecular formula is C31H65NO5P+. The molecule has 0 radical (unpaired) electrons. The number of likely N-dealkylation sites (N-methyl/N-ethyl adjacent to an activating group) is 1. The number of hydrogen-bond acceptors (Lipinski definition) is 4. The molecule has 1 saturated carbocycles. The fraction of sp³-hybridized carbons (Fsp3) is 1.00. The molecule has 0 amide bonds. The third-order valence-corrected chi connectivity index (χ3v) is 8.87. The molecule has 0 spiro atoms. The van der Waals surface area contributed by atoms with Gasteiger partial charge in [-0.3, -0.25) is 9.05 Å². The van der Waals surface area contributed by atoms with Crippen LogP contribution in [-0.2, 0) is 18.3 Å². The molecule has 0 aliphatic heterocycles. The van der Waals surface area contributed by atoms with E-state index in [2.05, 4.69) is 6.92 Å². The lowest BCUT2D eigenvalue weighted by molar-refractivity contribution is -0.870. The summed E-state index contributed by atoms with van der Waals surface area (Å²) in [4.78, 5) is 9.97. The van der Waals surface area contributed by atoms with Gasteiger partial charge in [0.15, 0.2) is 0 Å². The van der Waals surface area contributed by atoms with Gasteiger partial charge in [0.25, 0.3) is 0 Å². The van der Waals surface area contributed by atoms with Crippen molar-refractivity contribution in [1.82, 2.24) is 0 Å². The van der Waals surface area contributed by atoms with Gasteiger partial charge in [-0.15, -0.1) is 0 Å². The first kappa shape index (κ1) is 36.1. The number of quaternary nitrogens is 1. The molecular weight excluding hydrogens is 497 g/mol. The highest BCUT2D eigenvalue weighted by atomic mass is 31.2. The minimum Gasteiger partial charge on any atom is -0.378 e. The van der Waals surface area contributed by atoms with Crippen LogP contribution in [0.2, 0.25) is 0 Å². The van der Waals surface area contributed by atoms with Crippen LogP contribution < -0.4 is 0 Å². The lowest BCUT2D eigenvalue weighted by Gasteiger charge is -2.24. The zero-order valence-corrected chi connectivity index (χ0v) is 26.7. The third-order valence-electron chi connectivity index (χ3n) is 7.89. The number of rotatable bonds is 27. The van der Waals surface area contributed by atoms with Crippen molar-refractivity contribution in [3.63, 3.8) is 0 Å². The monoisotopic (exact) mass is 562 g/mol. The van der Waals surface area contributed by atoms with Crippen molar-refractivity contribution in [1.29, 1.82) is 0 Å². The number of hydrogen-bond donors (Lipinski definition) is 1. The van der Waals surface area contributed by atoms with Crippen molar-refractivity contribution in [2.75, 3.05) is 47.5 Å². The van der Waals surface area contributed by atoms with Crippen LogP contribution in [0.15, 0.2) is 0 Å². The summed E-state index contributed by atoms with van der Waals surface area (Å²) in [6.45, 7) is 4.18. The summed E-state index contributed by atoms with van der Waals surface area (Å²) in [6, 6.07) is 0. The maximum absolute atomic E-state index is 12.2. The standard InChI is InChI=1S/C31H64NO5P/c1-5-6-7-8-9-10-11-12-13-14-15-16-17-18-19-20-21-22-27-35-31-25-23-24-30(31)29-37-38(33,34)36-28-26-32(2,3)4/h30-31H,5-29H2,1-4H3/p+1/t30-,31-/m0/s1. The van der Waals surface area contributed by atoms with Gasteiger partial charge in [0.2, 0.25) is 0 Å². The SMILES string of the molecule is CCCCCCCCCCCCCCCCCCCCO[C@H]1CCC[C@H]1COP(=O)(O)OCC[N+](C)(C)C. The van der Waals surface area contributed by atoms with Crippen LogP contribution in [0.3, 0.4) is 0 Å². The highest BCUT2D eigenvalue weighted by molar-refractivity contribution is 7.47. The van der Waals surface area contributed by atoms with Crippen molar-refractivity contribution in [3.05, 3.63) is 0 Å². The fourth-order valence-corrected chi connectivity index (χ4v) is 6.08. The molecule has 1 rings (SSSR count). The first-order valence-electron chi connectivity index (χ1n) is 16.3. The Morgan fingerprint density at radius 3 is 1.63 bits per heavy atom. The molecule has 1 fully saturated rings. The molecule has 1 unspecified atom stereocenters. The van der Waals surface area contributed by atoms with Gasteiger partial charge in [0, 0.05) is 12.5 Å². The Labute approximate surface area is 236 Å². The van der Waals surface area contributed by atoms with Crippen LogP contribution in [0.5, 0.6) is 0 Å². The summed E-state index contributed by atoms with van der Waals surface area (Å²) in [7, 11) is 2.07. The molecule has 0 bridgehead atoms. The predicted molar refractivity (Wildman–Crippen MR) is 160 cm³/mol. The number of unbranched alkanes of at least 4 members (excludes halogenated alkanes) is 17. The molecule has 228 valence electrons. The van der Waals surface area contributed by atoms with E-state index in [1.807, 2.05) is 21.1 Å². The van der Waals surface area contributed by atoms with E-state index in [9.17, 15) is 9.46 Å². The molecule has 1 aliphatic rings. The van der Waals surface area contributed by atoms with E-state index in [1.165, 1.54) is 109 Å². The Hall–Kier alpha value is 0.0300. The average Bonchev–Trinajstić information content (AvgIpc) is 3.30. The maximum Gasteiger partial charge on any atom is 0.472 e. The first-order valence-corrected chi connectivity index (χ1v) is 17.8. The quantitative estimate of drug-likeness (QED) is 0.0614. The molecule has 0 saturated heterocycles. The smallest absolute Gasteiger partial charge is 0.378 e. The van der Waals surface area contributed by atoms with E-state index < -0.39 is 7.82 Å². The molecule has 7 heteroatoms. The lowest BCUT2D eigenvalue weighted by Crippen LogP contribution is -2.37. The Balaban J connectivity index is 1.90. The Kier molecular flexibility index (Phi) is 21.5. The van der Waals surface area contributed by atoms with E-state index in [1.54, 1.807) is 0 Å². The molecule has 0 aromatic heterocycles. The molecule has 1 aliphatic carbocycles. The highest BCUT2D eigenvalue weighted by Crippen LogP contribution is 2.44. The number of ether oxygens (including phenoxy) is 1. The Morgan fingerprint density at radius 1 is 0.684 bits per heavy atom. The average molecular weight is 563 g/mol. The topological polar surface area (TPSA) is 65.0 Å². The number of nitrogens with zero attached hydrogens (tertiary/aromatic N) is 1. The van der Waals surface area contributed by atoms with E-state index in [0.717, 1.165) is 32.3 Å². The van der Waals surface area contributed by atoms with E-state index >= 15 is 0 Å². The summed E-state index contributed by atoms with van der Waals surface area (Å²) in [5.74, 6) is 0.188. The summed E-state index contributed by atoms with van der Waals surface area (Å²) in [5.41, 5.74) is 0. The van der Waals surface area contributed by atoms with Crippen LogP contribution in [-0.4, -0.2) is 63.0 Å². The van der Waals surface area contributed by atoms with Gasteiger partial charge in [-0.05, 0) is 19.3 Å². The molecule has 0 heterocycles. The van der Waals surface area contributed by atoms with Crippen molar-refractivity contribution in [2.24, 2.45) is 5.92 Å². The van der Waals surface area contributed by atoms with Gasteiger partial charge in [-0.2, -0.15) is 0 Å². The maximum atomic E-state index is 12.2. The van der Waals surface area contributed by atoms with Crippen LogP contribution in [0.4, 0.5) is 0 Å². The first-order chi connectivity index (χ1) is 18.2. The van der Waals surface area contributed by atoms with Crippen molar-refractivity contribution < 1.29 is 27.7 Å². The second-order valence-electron chi connectivity index (χ2n) is 12.7. The predicted octanol–water partition coefficient (Wildman–Crippen LogP) is 9.05. The summed E-state index contributed by atoms with van der Waals surface area (Å²) in [5, 5.41) is 0. The van der Waals surface area contributed by atoms with Crippen LogP contribution in [0.1, 0.15) is 142 Å². The highest BCUT2D eigenvalue weighted by Gasteiger charge is 2.31. The van der Waals surface area contributed by atoms with Gasteiger partial charge in [0.05, 0.1) is 33.9 Å². The second-order valence-corrected chi connectivity index (χ2v) is 14.2. The van der Waals surface area contributed by atoms with E-state index in [-0.39, 0.29) is 25.2 Å². The van der Waals surface area contributed by atoms with Crippen LogP contribution >= 0.6 is 7.82 Å². The van der Waals surface area contributed by atoms with Crippen molar-refractivity contribution >= 4 is 7.82 Å². The van der Waals surface area contributed by atoms with Crippen LogP contribution in [0.25, 0.3) is 0 Å². The third kappa shape index (κ3) is 21.8. The largest absolute Gasteiger partial charge is 0.472 e. The molecule has 6 nitrogen and oxygen atoms in total. The molecule has 38 heavy (non-hydrogen) atoms. The summed E-state index contributed by atoms with van der Waals surface area (Å²) >= 11 is 0. The van der Waals surface area contributed by atoms with Gasteiger partial charge in [-0.25, -0.2) is 4.57 Å². The zero-order valence-electron chi connectivity index (χ0n) is 25.8. The van der Waals surface area contributed by atoms with Crippen molar-refractivity contribution in [2.45, 2.75) is 148 Å². The molecule has 3 atom stereocenters. The second kappa shape index (κ2) is 22.7. The van der Waals surface area contributed by atoms with Gasteiger partial charge in [0.1, 0.15) is 13.2 Å². The zero-order chi connectivity index (χ0) is 28.0. The summed E-state index contributed by atoms with van der Waals surface area (Å²) in [6.07, 6.45) is 28.1. The minimum atomic E-state index is -3.99. The van der Waals surface area contributed by atoms with Gasteiger partial charge >= 0.3 is 7.82 Å². The lowest BCUT2D eigenvalue weighted by atomic mass is 10.0. The van der Waals surface area contributed by atoms with Crippen molar-refractivity contribution in [3.8, 4) is 0 Å². The molecule has 0 aromatic carbocycles. The Morgan fingerprint density at radius 2 is 1.16 bits per heavy atom. The van der Waals surface area contributed by atoms with Gasteiger partial charge < -0.3 is 14.1 Å². The minimum absolute atomic E-state index is 0.145.